The molecule has 0 saturated carbocycles. The van der Waals surface area contributed by atoms with E-state index in [1.165, 1.54) is 6.26 Å². The lowest BCUT2D eigenvalue weighted by molar-refractivity contribution is -0.139. The molecule has 0 bridgehead atoms. The Balaban J connectivity index is 1.91. The van der Waals surface area contributed by atoms with Crippen LogP contribution in [0.4, 0.5) is 0 Å². The van der Waals surface area contributed by atoms with Crippen LogP contribution in [0, 0.1) is 0 Å². The fraction of sp³-hybridized carbons (Fsp3) is 0.333. The maximum atomic E-state index is 12.8. The third-order valence-corrected chi connectivity index (χ3v) is 4.23. The van der Waals surface area contributed by atoms with Crippen LogP contribution < -0.4 is 0 Å². The normalized spacial score (nSPS) is 16.9. The second kappa shape index (κ2) is 6.28. The highest BCUT2D eigenvalue weighted by Crippen LogP contribution is 2.30. The molecular weight excluding hydrogens is 294 g/mol. The molecule has 1 aliphatic heterocycles. The topological polar surface area (TPSA) is 70.8 Å². The van der Waals surface area contributed by atoms with E-state index in [0.717, 1.165) is 17.5 Å². The number of aryl methyl sites for hydroxylation is 1. The summed E-state index contributed by atoms with van der Waals surface area (Å²) in [7, 11) is 0. The zero-order valence-corrected chi connectivity index (χ0v) is 13.0. The fourth-order valence-electron chi connectivity index (χ4n) is 3.10. The van der Waals surface area contributed by atoms with Crippen LogP contribution in [0.2, 0.25) is 0 Å². The van der Waals surface area contributed by atoms with E-state index in [1.807, 2.05) is 31.2 Å². The predicted molar refractivity (Wildman–Crippen MR) is 84.3 cm³/mol. The highest BCUT2D eigenvalue weighted by atomic mass is 16.4. The average molecular weight is 313 g/mol. The Kier molecular flexibility index (Phi) is 4.19. The lowest BCUT2D eigenvalue weighted by Gasteiger charge is -2.32. The SMILES string of the molecule is CCCc1occc1C(=O)N1Cc2ccccc2C(C(=O)O)C1. The summed E-state index contributed by atoms with van der Waals surface area (Å²) in [6.07, 6.45) is 3.10. The minimum absolute atomic E-state index is 0.164. The average Bonchev–Trinajstić information content (AvgIpc) is 3.01. The van der Waals surface area contributed by atoms with Crippen LogP contribution in [0.15, 0.2) is 41.0 Å². The molecule has 0 radical (unpaired) electrons. The smallest absolute Gasteiger partial charge is 0.312 e. The summed E-state index contributed by atoms with van der Waals surface area (Å²) in [5, 5.41) is 9.50. The molecule has 0 spiro atoms. The number of carbonyl (C=O) groups excluding carboxylic acids is 1. The van der Waals surface area contributed by atoms with Crippen LogP contribution in [0.5, 0.6) is 0 Å². The van der Waals surface area contributed by atoms with Crippen molar-refractivity contribution in [1.82, 2.24) is 4.90 Å². The number of rotatable bonds is 4. The first-order valence-corrected chi connectivity index (χ1v) is 7.78. The van der Waals surface area contributed by atoms with Crippen molar-refractivity contribution in [3.63, 3.8) is 0 Å². The van der Waals surface area contributed by atoms with E-state index < -0.39 is 11.9 Å². The largest absolute Gasteiger partial charge is 0.481 e. The maximum absolute atomic E-state index is 12.8. The molecule has 5 heteroatoms. The zero-order valence-electron chi connectivity index (χ0n) is 13.0. The van der Waals surface area contributed by atoms with E-state index in [0.29, 0.717) is 24.3 Å². The van der Waals surface area contributed by atoms with Gasteiger partial charge in [0.1, 0.15) is 5.76 Å². The fourth-order valence-corrected chi connectivity index (χ4v) is 3.10. The van der Waals surface area contributed by atoms with Crippen molar-refractivity contribution < 1.29 is 19.1 Å². The van der Waals surface area contributed by atoms with Gasteiger partial charge in [0.15, 0.2) is 0 Å². The molecule has 1 aliphatic rings. The summed E-state index contributed by atoms with van der Waals surface area (Å²) < 4.78 is 5.40. The number of carboxylic acid groups (broad SMARTS) is 1. The zero-order chi connectivity index (χ0) is 16.4. The molecule has 3 rings (SSSR count). The van der Waals surface area contributed by atoms with Gasteiger partial charge in [-0.1, -0.05) is 31.2 Å². The Morgan fingerprint density at radius 2 is 2.09 bits per heavy atom. The van der Waals surface area contributed by atoms with Gasteiger partial charge in [-0.15, -0.1) is 0 Å². The number of hydrogen-bond acceptors (Lipinski definition) is 3. The Labute approximate surface area is 134 Å². The highest BCUT2D eigenvalue weighted by Gasteiger charge is 2.33. The number of nitrogens with zero attached hydrogens (tertiary/aromatic N) is 1. The quantitative estimate of drug-likeness (QED) is 0.941. The summed E-state index contributed by atoms with van der Waals surface area (Å²) in [5.41, 5.74) is 2.22. The van der Waals surface area contributed by atoms with Crippen molar-refractivity contribution in [3.05, 3.63) is 59.0 Å². The lowest BCUT2D eigenvalue weighted by atomic mass is 9.89. The number of amides is 1. The Hall–Kier alpha value is -2.56. The Morgan fingerprint density at radius 1 is 1.30 bits per heavy atom. The Bertz CT molecular complexity index is 734. The summed E-state index contributed by atoms with van der Waals surface area (Å²) >= 11 is 0. The van der Waals surface area contributed by atoms with Crippen LogP contribution in [0.1, 0.15) is 46.5 Å². The maximum Gasteiger partial charge on any atom is 0.312 e. The van der Waals surface area contributed by atoms with E-state index in [-0.39, 0.29) is 12.5 Å². The van der Waals surface area contributed by atoms with Crippen molar-refractivity contribution >= 4 is 11.9 Å². The van der Waals surface area contributed by atoms with E-state index in [2.05, 4.69) is 0 Å². The van der Waals surface area contributed by atoms with Gasteiger partial charge in [-0.2, -0.15) is 0 Å². The van der Waals surface area contributed by atoms with Gasteiger partial charge in [0.2, 0.25) is 0 Å². The number of carboxylic acids is 1. The number of carbonyl (C=O) groups is 2. The molecule has 1 amide bonds. The molecule has 2 heterocycles. The molecule has 2 aromatic rings. The van der Waals surface area contributed by atoms with Gasteiger partial charge in [-0.05, 0) is 23.6 Å². The molecule has 0 saturated heterocycles. The van der Waals surface area contributed by atoms with Crippen LogP contribution in [0.25, 0.3) is 0 Å². The van der Waals surface area contributed by atoms with E-state index in [4.69, 9.17) is 4.42 Å². The minimum atomic E-state index is -0.907. The van der Waals surface area contributed by atoms with Gasteiger partial charge in [-0.25, -0.2) is 0 Å². The van der Waals surface area contributed by atoms with Gasteiger partial charge in [0.05, 0.1) is 17.7 Å². The number of furan rings is 1. The highest BCUT2D eigenvalue weighted by molar-refractivity contribution is 5.96. The van der Waals surface area contributed by atoms with E-state index in [1.54, 1.807) is 11.0 Å². The lowest BCUT2D eigenvalue weighted by Crippen LogP contribution is -2.40. The molecular formula is C18H19NO4. The second-order valence-corrected chi connectivity index (χ2v) is 5.78. The van der Waals surface area contributed by atoms with Crippen LogP contribution in [-0.2, 0) is 17.8 Å². The first-order valence-electron chi connectivity index (χ1n) is 7.78. The number of aliphatic carboxylic acids is 1. The molecule has 0 aliphatic carbocycles. The van der Waals surface area contributed by atoms with Crippen LogP contribution in [0.3, 0.4) is 0 Å². The molecule has 1 unspecified atom stereocenters. The van der Waals surface area contributed by atoms with Crippen molar-refractivity contribution in [2.45, 2.75) is 32.2 Å². The molecule has 1 aromatic heterocycles. The summed E-state index contributed by atoms with van der Waals surface area (Å²) in [5.74, 6) is -1.09. The first kappa shape index (κ1) is 15.3. The molecule has 5 nitrogen and oxygen atoms in total. The summed E-state index contributed by atoms with van der Waals surface area (Å²) in [6.45, 7) is 2.63. The number of hydrogen-bond donors (Lipinski definition) is 1. The van der Waals surface area contributed by atoms with Crippen molar-refractivity contribution in [1.29, 1.82) is 0 Å². The van der Waals surface area contributed by atoms with Gasteiger partial charge < -0.3 is 14.4 Å². The minimum Gasteiger partial charge on any atom is -0.481 e. The van der Waals surface area contributed by atoms with Gasteiger partial charge >= 0.3 is 5.97 Å². The molecule has 23 heavy (non-hydrogen) atoms. The standard InChI is InChI=1S/C18H19NO4/c1-2-5-16-14(8-9-23-16)17(20)19-10-12-6-3-4-7-13(12)15(11-19)18(21)22/h3-4,6-9,15H,2,5,10-11H2,1H3,(H,21,22). The molecule has 1 N–H and O–H groups in total. The van der Waals surface area contributed by atoms with Gasteiger partial charge in [-0.3, -0.25) is 9.59 Å². The Morgan fingerprint density at radius 3 is 2.83 bits per heavy atom. The number of fused-ring (bicyclic) bond motifs is 1. The molecule has 1 aromatic carbocycles. The third-order valence-electron chi connectivity index (χ3n) is 4.23. The van der Waals surface area contributed by atoms with E-state index >= 15 is 0 Å². The molecule has 0 fully saturated rings. The predicted octanol–water partition coefficient (Wildman–Crippen LogP) is 3.06. The monoisotopic (exact) mass is 313 g/mol. The molecule has 120 valence electrons. The third kappa shape index (κ3) is 2.86. The van der Waals surface area contributed by atoms with Crippen molar-refractivity contribution in [3.8, 4) is 0 Å². The van der Waals surface area contributed by atoms with Gasteiger partial charge in [0, 0.05) is 19.5 Å². The van der Waals surface area contributed by atoms with Crippen molar-refractivity contribution in [2.24, 2.45) is 0 Å². The van der Waals surface area contributed by atoms with Crippen LogP contribution in [-0.4, -0.2) is 28.4 Å². The second-order valence-electron chi connectivity index (χ2n) is 5.78. The van der Waals surface area contributed by atoms with Gasteiger partial charge in [0.25, 0.3) is 5.91 Å². The summed E-state index contributed by atoms with van der Waals surface area (Å²) in [6, 6.07) is 9.08. The summed E-state index contributed by atoms with van der Waals surface area (Å²) in [4.78, 5) is 26.0. The van der Waals surface area contributed by atoms with Crippen molar-refractivity contribution in [2.75, 3.05) is 6.54 Å². The van der Waals surface area contributed by atoms with Crippen LogP contribution >= 0.6 is 0 Å². The van der Waals surface area contributed by atoms with E-state index in [9.17, 15) is 14.7 Å². The number of benzene rings is 1. The molecule has 1 atom stereocenters. The first-order chi connectivity index (χ1) is 11.1.